The van der Waals surface area contributed by atoms with Crippen LogP contribution in [0.5, 0.6) is 5.75 Å². The quantitative estimate of drug-likeness (QED) is 0.558. The first-order valence-corrected chi connectivity index (χ1v) is 8.44. The maximum atomic E-state index is 13.0. The molecular formula is C21H17N3O2. The van der Waals surface area contributed by atoms with Crippen LogP contribution < -0.4 is 4.74 Å². The molecule has 2 aromatic heterocycles. The summed E-state index contributed by atoms with van der Waals surface area (Å²) >= 11 is 0. The van der Waals surface area contributed by atoms with Crippen molar-refractivity contribution in [3.8, 4) is 17.0 Å². The summed E-state index contributed by atoms with van der Waals surface area (Å²) in [4.78, 5) is 17.7. The van der Waals surface area contributed by atoms with Crippen molar-refractivity contribution in [1.82, 2.24) is 14.8 Å². The molecule has 0 saturated carbocycles. The van der Waals surface area contributed by atoms with Crippen LogP contribution in [0.1, 0.15) is 17.3 Å². The molecule has 0 saturated heterocycles. The highest BCUT2D eigenvalue weighted by Gasteiger charge is 2.17. The van der Waals surface area contributed by atoms with Gasteiger partial charge >= 0.3 is 0 Å². The SMILES string of the molecule is CCOc1ccccc1-c1cc(C(=O)n2cccn2)c2ccccc2n1. The lowest BCUT2D eigenvalue weighted by Gasteiger charge is -2.12. The van der Waals surface area contributed by atoms with Gasteiger partial charge in [-0.25, -0.2) is 9.67 Å². The van der Waals surface area contributed by atoms with Gasteiger partial charge < -0.3 is 4.74 Å². The summed E-state index contributed by atoms with van der Waals surface area (Å²) in [5.74, 6) is 0.555. The van der Waals surface area contributed by atoms with Crippen LogP contribution in [-0.2, 0) is 0 Å². The molecular weight excluding hydrogens is 326 g/mol. The monoisotopic (exact) mass is 343 g/mol. The molecule has 0 fully saturated rings. The lowest BCUT2D eigenvalue weighted by atomic mass is 10.0. The molecule has 0 bridgehead atoms. The van der Waals surface area contributed by atoms with Gasteiger partial charge in [0.15, 0.2) is 0 Å². The van der Waals surface area contributed by atoms with Gasteiger partial charge in [0.05, 0.1) is 23.4 Å². The van der Waals surface area contributed by atoms with E-state index in [1.54, 1.807) is 18.5 Å². The largest absolute Gasteiger partial charge is 0.493 e. The van der Waals surface area contributed by atoms with Crippen LogP contribution in [0.25, 0.3) is 22.2 Å². The molecule has 0 amide bonds. The average Bonchev–Trinajstić information content (AvgIpc) is 3.22. The van der Waals surface area contributed by atoms with Crippen molar-refractivity contribution in [2.45, 2.75) is 6.92 Å². The molecule has 0 aliphatic rings. The summed E-state index contributed by atoms with van der Waals surface area (Å²) in [5, 5.41) is 4.87. The molecule has 0 radical (unpaired) electrons. The van der Waals surface area contributed by atoms with E-state index >= 15 is 0 Å². The zero-order chi connectivity index (χ0) is 17.9. The lowest BCUT2D eigenvalue weighted by molar-refractivity contribution is 0.0946. The normalized spacial score (nSPS) is 10.8. The summed E-state index contributed by atoms with van der Waals surface area (Å²) in [6.45, 7) is 2.50. The Labute approximate surface area is 150 Å². The Kier molecular flexibility index (Phi) is 4.19. The fourth-order valence-electron chi connectivity index (χ4n) is 2.96. The standard InChI is InChI=1S/C21H17N3O2/c1-2-26-20-11-6-4-9-16(20)19-14-17(21(25)24-13-7-12-22-24)15-8-3-5-10-18(15)23-19/h3-14H,2H2,1H3. The van der Waals surface area contributed by atoms with E-state index in [4.69, 9.17) is 9.72 Å². The van der Waals surface area contributed by atoms with Gasteiger partial charge in [0.1, 0.15) is 5.75 Å². The average molecular weight is 343 g/mol. The Morgan fingerprint density at radius 1 is 1.08 bits per heavy atom. The highest BCUT2D eigenvalue weighted by molar-refractivity contribution is 6.07. The Morgan fingerprint density at radius 2 is 1.88 bits per heavy atom. The Bertz CT molecular complexity index is 1070. The number of carbonyl (C=O) groups is 1. The lowest BCUT2D eigenvalue weighted by Crippen LogP contribution is -2.13. The smallest absolute Gasteiger partial charge is 0.278 e. The number of pyridine rings is 1. The predicted molar refractivity (Wildman–Crippen MR) is 100 cm³/mol. The molecule has 5 nitrogen and oxygen atoms in total. The number of benzene rings is 2. The van der Waals surface area contributed by atoms with E-state index < -0.39 is 0 Å². The van der Waals surface area contributed by atoms with E-state index in [-0.39, 0.29) is 5.91 Å². The van der Waals surface area contributed by atoms with E-state index in [0.717, 1.165) is 22.2 Å². The molecule has 4 rings (SSSR count). The number of hydrogen-bond acceptors (Lipinski definition) is 4. The van der Waals surface area contributed by atoms with Crippen LogP contribution in [0, 0.1) is 0 Å². The van der Waals surface area contributed by atoms with Crippen molar-refractivity contribution in [3.05, 3.63) is 78.6 Å². The second kappa shape index (κ2) is 6.80. The van der Waals surface area contributed by atoms with Gasteiger partial charge in [0.25, 0.3) is 5.91 Å². The minimum absolute atomic E-state index is 0.191. The zero-order valence-corrected chi connectivity index (χ0v) is 14.3. The van der Waals surface area contributed by atoms with Gasteiger partial charge in [-0.05, 0) is 37.3 Å². The number of ether oxygens (including phenoxy) is 1. The fraction of sp³-hybridized carbons (Fsp3) is 0.0952. The van der Waals surface area contributed by atoms with Gasteiger partial charge in [-0.3, -0.25) is 4.79 Å². The molecule has 0 spiro atoms. The van der Waals surface area contributed by atoms with Gasteiger partial charge in [-0.2, -0.15) is 5.10 Å². The molecule has 0 N–H and O–H groups in total. The number of para-hydroxylation sites is 2. The molecule has 2 heterocycles. The first-order valence-electron chi connectivity index (χ1n) is 8.44. The third-order valence-electron chi connectivity index (χ3n) is 4.12. The van der Waals surface area contributed by atoms with E-state index in [1.807, 2.05) is 61.5 Å². The van der Waals surface area contributed by atoms with E-state index in [0.29, 0.717) is 17.9 Å². The Balaban J connectivity index is 1.94. The molecule has 2 aromatic carbocycles. The second-order valence-corrected chi connectivity index (χ2v) is 5.76. The number of carbonyl (C=O) groups excluding carboxylic acids is 1. The van der Waals surface area contributed by atoms with E-state index in [1.165, 1.54) is 4.68 Å². The first-order chi connectivity index (χ1) is 12.8. The van der Waals surface area contributed by atoms with Gasteiger partial charge in [0, 0.05) is 23.3 Å². The molecule has 128 valence electrons. The van der Waals surface area contributed by atoms with Crippen molar-refractivity contribution < 1.29 is 9.53 Å². The van der Waals surface area contributed by atoms with Gasteiger partial charge in [0.2, 0.25) is 0 Å². The molecule has 0 unspecified atom stereocenters. The van der Waals surface area contributed by atoms with Crippen molar-refractivity contribution in [1.29, 1.82) is 0 Å². The predicted octanol–water partition coefficient (Wildman–Crippen LogP) is 4.19. The van der Waals surface area contributed by atoms with Crippen LogP contribution in [0.3, 0.4) is 0 Å². The van der Waals surface area contributed by atoms with Crippen LogP contribution >= 0.6 is 0 Å². The maximum Gasteiger partial charge on any atom is 0.278 e. The van der Waals surface area contributed by atoms with E-state index in [2.05, 4.69) is 5.10 Å². The van der Waals surface area contributed by atoms with Gasteiger partial charge in [-0.15, -0.1) is 0 Å². The van der Waals surface area contributed by atoms with Crippen LogP contribution in [-0.4, -0.2) is 27.3 Å². The minimum atomic E-state index is -0.191. The zero-order valence-electron chi connectivity index (χ0n) is 14.3. The van der Waals surface area contributed by atoms with Gasteiger partial charge in [-0.1, -0.05) is 30.3 Å². The van der Waals surface area contributed by atoms with Crippen molar-refractivity contribution >= 4 is 16.8 Å². The van der Waals surface area contributed by atoms with E-state index in [9.17, 15) is 4.79 Å². The summed E-state index contributed by atoms with van der Waals surface area (Å²) < 4.78 is 7.07. The summed E-state index contributed by atoms with van der Waals surface area (Å²) in [6, 6.07) is 18.9. The highest BCUT2D eigenvalue weighted by atomic mass is 16.5. The summed E-state index contributed by atoms with van der Waals surface area (Å²) in [6.07, 6.45) is 3.23. The third kappa shape index (κ3) is 2.84. The van der Waals surface area contributed by atoms with Crippen molar-refractivity contribution in [2.75, 3.05) is 6.61 Å². The Morgan fingerprint density at radius 3 is 2.69 bits per heavy atom. The third-order valence-corrected chi connectivity index (χ3v) is 4.12. The number of hydrogen-bond donors (Lipinski definition) is 0. The van der Waals surface area contributed by atoms with Crippen molar-refractivity contribution in [3.63, 3.8) is 0 Å². The summed E-state index contributed by atoms with van der Waals surface area (Å²) in [5.41, 5.74) is 2.87. The second-order valence-electron chi connectivity index (χ2n) is 5.76. The first kappa shape index (κ1) is 16.0. The molecule has 4 aromatic rings. The highest BCUT2D eigenvalue weighted by Crippen LogP contribution is 2.31. The topological polar surface area (TPSA) is 57.0 Å². The number of fused-ring (bicyclic) bond motifs is 1. The molecule has 26 heavy (non-hydrogen) atoms. The molecule has 0 atom stereocenters. The Hall–Kier alpha value is -3.47. The molecule has 0 aliphatic heterocycles. The molecule has 0 aliphatic carbocycles. The molecule has 5 heteroatoms. The number of aromatic nitrogens is 3. The minimum Gasteiger partial charge on any atom is -0.493 e. The fourth-order valence-corrected chi connectivity index (χ4v) is 2.96. The van der Waals surface area contributed by atoms with Crippen LogP contribution in [0.4, 0.5) is 0 Å². The van der Waals surface area contributed by atoms with Crippen molar-refractivity contribution in [2.24, 2.45) is 0 Å². The van der Waals surface area contributed by atoms with Crippen LogP contribution in [0.2, 0.25) is 0 Å². The number of nitrogens with zero attached hydrogens (tertiary/aromatic N) is 3. The number of rotatable bonds is 4. The van der Waals surface area contributed by atoms with Crippen LogP contribution in [0.15, 0.2) is 73.1 Å². The maximum absolute atomic E-state index is 13.0. The summed E-state index contributed by atoms with van der Waals surface area (Å²) in [7, 11) is 0.